The zero-order chi connectivity index (χ0) is 16.2. The highest BCUT2D eigenvalue weighted by Crippen LogP contribution is 2.18. The summed E-state index contributed by atoms with van der Waals surface area (Å²) >= 11 is 0. The van der Waals surface area contributed by atoms with Crippen LogP contribution in [0.1, 0.15) is 24.2 Å². The molecular weight excluding hydrogens is 281 g/mol. The smallest absolute Gasteiger partial charge is 0.270 e. The van der Waals surface area contributed by atoms with Crippen LogP contribution in [-0.2, 0) is 4.79 Å². The molecule has 0 radical (unpaired) electrons. The summed E-state index contributed by atoms with van der Waals surface area (Å²) in [5.41, 5.74) is -1.70. The van der Waals surface area contributed by atoms with Crippen LogP contribution in [-0.4, -0.2) is 30.3 Å². The van der Waals surface area contributed by atoms with Gasteiger partial charge in [-0.3, -0.25) is 19.7 Å². The quantitative estimate of drug-likeness (QED) is 0.630. The number of non-ortho nitro benzene ring substituents is 1. The molecule has 2 amide bonds. The molecule has 1 rings (SSSR count). The van der Waals surface area contributed by atoms with E-state index < -0.39 is 27.6 Å². The standard InChI is InChI=1S/C13H16FN3O4/c1-13(2,12(19)15-3)7-16-11(18)9-6-8(17(20)21)4-5-10(9)14/h4-6H,7H2,1-3H3,(H,15,19)(H,16,18). The lowest BCUT2D eigenvalue weighted by molar-refractivity contribution is -0.384. The first-order valence-electron chi connectivity index (χ1n) is 6.13. The van der Waals surface area contributed by atoms with E-state index in [1.807, 2.05) is 0 Å². The predicted octanol–water partition coefficient (Wildman–Crippen LogP) is 1.24. The lowest BCUT2D eigenvalue weighted by Gasteiger charge is -2.22. The minimum atomic E-state index is -0.887. The molecule has 0 aliphatic rings. The maximum absolute atomic E-state index is 13.6. The van der Waals surface area contributed by atoms with Crippen molar-refractivity contribution in [1.82, 2.24) is 10.6 Å². The van der Waals surface area contributed by atoms with Crippen LogP contribution in [0.2, 0.25) is 0 Å². The first-order chi connectivity index (χ1) is 9.69. The zero-order valence-corrected chi connectivity index (χ0v) is 11.9. The van der Waals surface area contributed by atoms with Crippen LogP contribution in [0.15, 0.2) is 18.2 Å². The highest BCUT2D eigenvalue weighted by molar-refractivity contribution is 5.95. The summed E-state index contributed by atoms with van der Waals surface area (Å²) < 4.78 is 13.6. The Kier molecular flexibility index (Phi) is 4.96. The van der Waals surface area contributed by atoms with Gasteiger partial charge in [-0.05, 0) is 19.9 Å². The molecule has 7 nitrogen and oxygen atoms in total. The second kappa shape index (κ2) is 6.29. The molecule has 0 heterocycles. The van der Waals surface area contributed by atoms with Crippen molar-refractivity contribution in [3.05, 3.63) is 39.7 Å². The van der Waals surface area contributed by atoms with Gasteiger partial charge in [0.1, 0.15) is 5.82 Å². The van der Waals surface area contributed by atoms with E-state index in [9.17, 15) is 24.1 Å². The summed E-state index contributed by atoms with van der Waals surface area (Å²) in [4.78, 5) is 33.4. The fourth-order valence-corrected chi connectivity index (χ4v) is 1.62. The Bertz CT molecular complexity index is 587. The number of carbonyl (C=O) groups excluding carboxylic acids is 2. The number of nitro groups is 1. The van der Waals surface area contributed by atoms with Crippen molar-refractivity contribution in [1.29, 1.82) is 0 Å². The molecule has 8 heteroatoms. The predicted molar refractivity (Wildman–Crippen MR) is 73.2 cm³/mol. The van der Waals surface area contributed by atoms with Crippen molar-refractivity contribution in [2.75, 3.05) is 13.6 Å². The molecule has 0 aromatic heterocycles. The van der Waals surface area contributed by atoms with Gasteiger partial charge in [0.15, 0.2) is 0 Å². The van der Waals surface area contributed by atoms with E-state index >= 15 is 0 Å². The lowest BCUT2D eigenvalue weighted by atomic mass is 9.92. The number of nitrogens with one attached hydrogen (secondary N) is 2. The SMILES string of the molecule is CNC(=O)C(C)(C)CNC(=O)c1cc([N+](=O)[O-])ccc1F. The number of hydrogen-bond acceptors (Lipinski definition) is 4. The van der Waals surface area contributed by atoms with E-state index in [0.717, 1.165) is 18.2 Å². The first kappa shape index (κ1) is 16.5. The first-order valence-corrected chi connectivity index (χ1v) is 6.13. The van der Waals surface area contributed by atoms with Gasteiger partial charge in [-0.15, -0.1) is 0 Å². The third-order valence-electron chi connectivity index (χ3n) is 2.94. The summed E-state index contributed by atoms with van der Waals surface area (Å²) in [6.45, 7) is 3.18. The van der Waals surface area contributed by atoms with E-state index in [2.05, 4.69) is 10.6 Å². The molecule has 114 valence electrons. The number of hydrogen-bond donors (Lipinski definition) is 2. The van der Waals surface area contributed by atoms with Crippen molar-refractivity contribution in [2.45, 2.75) is 13.8 Å². The fourth-order valence-electron chi connectivity index (χ4n) is 1.62. The van der Waals surface area contributed by atoms with Crippen LogP contribution in [0.4, 0.5) is 10.1 Å². The van der Waals surface area contributed by atoms with E-state index in [1.165, 1.54) is 7.05 Å². The number of rotatable bonds is 5. The fraction of sp³-hybridized carbons (Fsp3) is 0.385. The molecule has 21 heavy (non-hydrogen) atoms. The minimum absolute atomic E-state index is 0.0341. The third kappa shape index (κ3) is 3.98. The molecule has 2 N–H and O–H groups in total. The number of halogens is 1. The van der Waals surface area contributed by atoms with E-state index in [4.69, 9.17) is 0 Å². The normalized spacial score (nSPS) is 10.9. The molecule has 0 fully saturated rings. The van der Waals surface area contributed by atoms with Gasteiger partial charge in [0.2, 0.25) is 5.91 Å². The van der Waals surface area contributed by atoms with Gasteiger partial charge in [0.05, 0.1) is 15.9 Å². The maximum Gasteiger partial charge on any atom is 0.270 e. The Morgan fingerprint density at radius 1 is 1.38 bits per heavy atom. The van der Waals surface area contributed by atoms with Gasteiger partial charge >= 0.3 is 0 Å². The van der Waals surface area contributed by atoms with Crippen molar-refractivity contribution >= 4 is 17.5 Å². The Labute approximate surface area is 120 Å². The Balaban J connectivity index is 2.88. The summed E-state index contributed by atoms with van der Waals surface area (Å²) in [5.74, 6) is -1.97. The molecule has 0 aliphatic heterocycles. The lowest BCUT2D eigenvalue weighted by Crippen LogP contribution is -2.43. The molecule has 0 unspecified atom stereocenters. The molecular formula is C13H16FN3O4. The van der Waals surface area contributed by atoms with Crippen LogP contribution in [0.25, 0.3) is 0 Å². The van der Waals surface area contributed by atoms with Crippen LogP contribution >= 0.6 is 0 Å². The Hall–Kier alpha value is -2.51. The van der Waals surface area contributed by atoms with Gasteiger partial charge in [-0.1, -0.05) is 0 Å². The van der Waals surface area contributed by atoms with Gasteiger partial charge in [0, 0.05) is 25.7 Å². The third-order valence-corrected chi connectivity index (χ3v) is 2.94. The average molecular weight is 297 g/mol. The second-order valence-electron chi connectivity index (χ2n) is 5.07. The zero-order valence-electron chi connectivity index (χ0n) is 11.9. The summed E-state index contributed by atoms with van der Waals surface area (Å²) in [7, 11) is 1.46. The van der Waals surface area contributed by atoms with Gasteiger partial charge in [0.25, 0.3) is 11.6 Å². The van der Waals surface area contributed by atoms with Gasteiger partial charge in [-0.25, -0.2) is 4.39 Å². The monoisotopic (exact) mass is 297 g/mol. The van der Waals surface area contributed by atoms with Crippen molar-refractivity contribution in [3.8, 4) is 0 Å². The number of amides is 2. The van der Waals surface area contributed by atoms with Crippen LogP contribution in [0.5, 0.6) is 0 Å². The van der Waals surface area contributed by atoms with Gasteiger partial charge < -0.3 is 10.6 Å². The van der Waals surface area contributed by atoms with Crippen LogP contribution in [0.3, 0.4) is 0 Å². The summed E-state index contributed by atoms with van der Waals surface area (Å²) in [5, 5.41) is 15.5. The summed E-state index contributed by atoms with van der Waals surface area (Å²) in [6.07, 6.45) is 0. The molecule has 0 spiro atoms. The highest BCUT2D eigenvalue weighted by atomic mass is 19.1. The molecule has 0 aliphatic carbocycles. The number of nitro benzene ring substituents is 1. The number of nitrogens with zero attached hydrogens (tertiary/aromatic N) is 1. The highest BCUT2D eigenvalue weighted by Gasteiger charge is 2.28. The largest absolute Gasteiger partial charge is 0.359 e. The summed E-state index contributed by atoms with van der Waals surface area (Å²) in [6, 6.07) is 2.69. The minimum Gasteiger partial charge on any atom is -0.359 e. The van der Waals surface area contributed by atoms with E-state index in [-0.39, 0.29) is 18.1 Å². The second-order valence-corrected chi connectivity index (χ2v) is 5.07. The average Bonchev–Trinajstić information content (AvgIpc) is 2.44. The van der Waals surface area contributed by atoms with Crippen molar-refractivity contribution in [2.24, 2.45) is 5.41 Å². The molecule has 0 atom stereocenters. The Morgan fingerprint density at radius 2 is 2.00 bits per heavy atom. The molecule has 0 saturated carbocycles. The Morgan fingerprint density at radius 3 is 2.52 bits per heavy atom. The topological polar surface area (TPSA) is 101 Å². The van der Waals surface area contributed by atoms with E-state index in [0.29, 0.717) is 0 Å². The maximum atomic E-state index is 13.6. The number of carbonyl (C=O) groups is 2. The molecule has 0 saturated heterocycles. The molecule has 1 aromatic carbocycles. The number of benzene rings is 1. The van der Waals surface area contributed by atoms with Gasteiger partial charge in [-0.2, -0.15) is 0 Å². The molecule has 0 bridgehead atoms. The van der Waals surface area contributed by atoms with Crippen LogP contribution < -0.4 is 10.6 Å². The van der Waals surface area contributed by atoms with Crippen molar-refractivity contribution < 1.29 is 18.9 Å². The van der Waals surface area contributed by atoms with Crippen molar-refractivity contribution in [3.63, 3.8) is 0 Å². The molecule has 1 aromatic rings. The van der Waals surface area contributed by atoms with E-state index in [1.54, 1.807) is 13.8 Å². The van der Waals surface area contributed by atoms with Crippen LogP contribution in [0, 0.1) is 21.3 Å².